The summed E-state index contributed by atoms with van der Waals surface area (Å²) in [6.45, 7) is 0. The molecule has 0 saturated heterocycles. The van der Waals surface area contributed by atoms with E-state index in [1.165, 1.54) is 35.5 Å². The van der Waals surface area contributed by atoms with Crippen molar-refractivity contribution in [3.8, 4) is 0 Å². The molecule has 0 N–H and O–H groups in total. The highest BCUT2D eigenvalue weighted by Gasteiger charge is 2.62. The Kier molecular flexibility index (Phi) is 0.781. The number of rotatable bonds is 0. The molecule has 4 bridgehead atoms. The third kappa shape index (κ3) is 0.467. The van der Waals surface area contributed by atoms with Crippen LogP contribution in [0.1, 0.15) is 32.1 Å². The summed E-state index contributed by atoms with van der Waals surface area (Å²) in [6.07, 6.45) is 8.14. The molecule has 0 aliphatic heterocycles. The Bertz CT molecular complexity index is 182. The molecule has 0 spiro atoms. The molecular formula is C11H16. The Morgan fingerprint density at radius 3 is 1.55 bits per heavy atom. The van der Waals surface area contributed by atoms with Gasteiger partial charge in [-0.15, -0.1) is 0 Å². The summed E-state index contributed by atoms with van der Waals surface area (Å²) in [5.41, 5.74) is 0. The van der Waals surface area contributed by atoms with Gasteiger partial charge in [0.15, 0.2) is 0 Å². The van der Waals surface area contributed by atoms with E-state index in [9.17, 15) is 0 Å². The van der Waals surface area contributed by atoms with Crippen LogP contribution in [0.2, 0.25) is 0 Å². The molecule has 11 heavy (non-hydrogen) atoms. The maximum Gasteiger partial charge on any atom is -0.0323 e. The van der Waals surface area contributed by atoms with Crippen LogP contribution < -0.4 is 0 Å². The summed E-state index contributed by atoms with van der Waals surface area (Å²) < 4.78 is 0. The monoisotopic (exact) mass is 148 g/mol. The summed E-state index contributed by atoms with van der Waals surface area (Å²) in [5.74, 6) is 7.36. The molecule has 0 nitrogen and oxygen atoms in total. The Hall–Kier alpha value is 0. The van der Waals surface area contributed by atoms with Crippen molar-refractivity contribution < 1.29 is 0 Å². The van der Waals surface area contributed by atoms with Crippen molar-refractivity contribution in [2.24, 2.45) is 35.5 Å². The van der Waals surface area contributed by atoms with Gasteiger partial charge < -0.3 is 0 Å². The van der Waals surface area contributed by atoms with Crippen LogP contribution in [0.5, 0.6) is 0 Å². The van der Waals surface area contributed by atoms with Crippen molar-refractivity contribution in [3.05, 3.63) is 0 Å². The summed E-state index contributed by atoms with van der Waals surface area (Å²) in [6, 6.07) is 0. The summed E-state index contributed by atoms with van der Waals surface area (Å²) >= 11 is 0. The van der Waals surface area contributed by atoms with Crippen LogP contribution in [-0.4, -0.2) is 0 Å². The van der Waals surface area contributed by atoms with Gasteiger partial charge in [-0.25, -0.2) is 0 Å². The fraction of sp³-hybridized carbons (Fsp3) is 1.00. The Balaban J connectivity index is 1.81. The van der Waals surface area contributed by atoms with Crippen LogP contribution >= 0.6 is 0 Å². The predicted molar refractivity (Wildman–Crippen MR) is 44.0 cm³/mol. The lowest BCUT2D eigenvalue weighted by atomic mass is 9.78. The standard InChI is InChI=1S/C11H16/c1-2-7-3-6(1)10-8-4-9(5-8)11(7)10/h6-11H,1-5H2. The molecule has 5 rings (SSSR count). The quantitative estimate of drug-likeness (QED) is 0.495. The van der Waals surface area contributed by atoms with Gasteiger partial charge >= 0.3 is 0 Å². The highest BCUT2D eigenvalue weighted by atomic mass is 14.7. The number of hydrogen-bond acceptors (Lipinski definition) is 0. The van der Waals surface area contributed by atoms with Crippen molar-refractivity contribution in [1.82, 2.24) is 0 Å². The van der Waals surface area contributed by atoms with Crippen molar-refractivity contribution in [1.29, 1.82) is 0 Å². The van der Waals surface area contributed by atoms with Crippen molar-refractivity contribution in [2.75, 3.05) is 0 Å². The lowest BCUT2D eigenvalue weighted by Crippen LogP contribution is -2.18. The highest BCUT2D eigenvalue weighted by molar-refractivity contribution is 5.11. The second kappa shape index (κ2) is 1.53. The smallest absolute Gasteiger partial charge is 0.0323 e. The number of fused-ring (bicyclic) bond motifs is 2. The molecule has 0 aromatic heterocycles. The first-order valence-electron chi connectivity index (χ1n) is 5.43. The van der Waals surface area contributed by atoms with E-state index in [1.54, 1.807) is 32.1 Å². The van der Waals surface area contributed by atoms with Crippen LogP contribution in [-0.2, 0) is 0 Å². The average Bonchev–Trinajstić information content (AvgIpc) is 2.58. The minimum Gasteiger partial charge on any atom is -0.0499 e. The molecule has 5 fully saturated rings. The van der Waals surface area contributed by atoms with Gasteiger partial charge in [0, 0.05) is 0 Å². The highest BCUT2D eigenvalue weighted by Crippen LogP contribution is 2.70. The minimum atomic E-state index is 1.21. The van der Waals surface area contributed by atoms with E-state index in [4.69, 9.17) is 0 Å². The van der Waals surface area contributed by atoms with Crippen LogP contribution in [0.4, 0.5) is 0 Å². The van der Waals surface area contributed by atoms with Crippen LogP contribution in [0.15, 0.2) is 0 Å². The van der Waals surface area contributed by atoms with E-state index < -0.39 is 0 Å². The molecule has 5 saturated carbocycles. The fourth-order valence-electron chi connectivity index (χ4n) is 5.12. The minimum absolute atomic E-state index is 1.21. The summed E-state index contributed by atoms with van der Waals surface area (Å²) in [7, 11) is 0. The molecular weight excluding hydrogens is 132 g/mol. The van der Waals surface area contributed by atoms with Crippen molar-refractivity contribution >= 4 is 0 Å². The van der Waals surface area contributed by atoms with Crippen LogP contribution in [0, 0.1) is 35.5 Å². The molecule has 0 radical (unpaired) electrons. The lowest BCUT2D eigenvalue weighted by Gasteiger charge is -2.27. The summed E-state index contributed by atoms with van der Waals surface area (Å²) in [4.78, 5) is 0. The second-order valence-corrected chi connectivity index (χ2v) is 5.48. The van der Waals surface area contributed by atoms with Crippen molar-refractivity contribution in [3.63, 3.8) is 0 Å². The van der Waals surface area contributed by atoms with Crippen LogP contribution in [0.25, 0.3) is 0 Å². The first-order chi connectivity index (χ1) is 5.43. The normalized spacial score (nSPS) is 69.8. The van der Waals surface area contributed by atoms with Gasteiger partial charge in [-0.05, 0) is 67.6 Å². The second-order valence-electron chi connectivity index (χ2n) is 5.48. The van der Waals surface area contributed by atoms with Gasteiger partial charge in [0.05, 0.1) is 0 Å². The number of hydrogen-bond donors (Lipinski definition) is 0. The molecule has 60 valence electrons. The SMILES string of the molecule is C1CC2CC1C1C3CC(C3)C21. The van der Waals surface area contributed by atoms with Crippen molar-refractivity contribution in [2.45, 2.75) is 32.1 Å². The fourth-order valence-corrected chi connectivity index (χ4v) is 5.12. The molecule has 0 aromatic carbocycles. The first-order valence-corrected chi connectivity index (χ1v) is 5.43. The molecule has 0 aromatic rings. The zero-order valence-electron chi connectivity index (χ0n) is 7.00. The third-order valence-corrected chi connectivity index (χ3v) is 5.35. The van der Waals surface area contributed by atoms with E-state index >= 15 is 0 Å². The molecule has 4 atom stereocenters. The predicted octanol–water partition coefficient (Wildman–Crippen LogP) is 2.69. The van der Waals surface area contributed by atoms with Gasteiger partial charge in [-0.2, -0.15) is 0 Å². The van der Waals surface area contributed by atoms with E-state index in [0.29, 0.717) is 0 Å². The van der Waals surface area contributed by atoms with Gasteiger partial charge in [-0.1, -0.05) is 0 Å². The van der Waals surface area contributed by atoms with E-state index in [2.05, 4.69) is 0 Å². The van der Waals surface area contributed by atoms with Gasteiger partial charge in [-0.3, -0.25) is 0 Å². The maximum absolute atomic E-state index is 1.64. The topological polar surface area (TPSA) is 0 Å². The van der Waals surface area contributed by atoms with Gasteiger partial charge in [0.1, 0.15) is 0 Å². The molecule has 0 heteroatoms. The summed E-state index contributed by atoms with van der Waals surface area (Å²) in [5, 5.41) is 0. The Labute approximate surface area is 68.4 Å². The maximum atomic E-state index is 1.64. The third-order valence-electron chi connectivity index (χ3n) is 5.35. The van der Waals surface area contributed by atoms with Gasteiger partial charge in [0.2, 0.25) is 0 Å². The first kappa shape index (κ1) is 5.61. The van der Waals surface area contributed by atoms with E-state index in [0.717, 1.165) is 0 Å². The molecule has 0 heterocycles. The van der Waals surface area contributed by atoms with Crippen LogP contribution in [0.3, 0.4) is 0 Å². The molecule has 5 aliphatic rings. The molecule has 4 unspecified atom stereocenters. The molecule has 0 amide bonds. The Morgan fingerprint density at radius 2 is 1.00 bits per heavy atom. The average molecular weight is 148 g/mol. The van der Waals surface area contributed by atoms with Gasteiger partial charge in [0.25, 0.3) is 0 Å². The Morgan fingerprint density at radius 1 is 0.545 bits per heavy atom. The molecule has 5 aliphatic carbocycles. The zero-order valence-corrected chi connectivity index (χ0v) is 7.00. The van der Waals surface area contributed by atoms with E-state index in [-0.39, 0.29) is 0 Å². The lowest BCUT2D eigenvalue weighted by molar-refractivity contribution is 0.228. The largest absolute Gasteiger partial charge is 0.0499 e. The zero-order chi connectivity index (χ0) is 7.00. The van der Waals surface area contributed by atoms with E-state index in [1.807, 2.05) is 0 Å².